The Morgan fingerprint density at radius 3 is 1.62 bits per heavy atom. The largest absolute Gasteiger partial charge is 0.142 e. The average molecular weight is 242 g/mol. The Labute approximate surface area is 104 Å². The van der Waals surface area contributed by atoms with Crippen LogP contribution in [0, 0.1) is 23.7 Å². The van der Waals surface area contributed by atoms with Crippen LogP contribution in [0.2, 0.25) is 0 Å². The third kappa shape index (κ3) is 2.04. The molecule has 0 spiro atoms. The van der Waals surface area contributed by atoms with Gasteiger partial charge in [0, 0.05) is 11.1 Å². The van der Waals surface area contributed by atoms with Crippen LogP contribution in [0.25, 0.3) is 9.75 Å². The number of hydrogen-bond acceptors (Lipinski definition) is 2. The van der Waals surface area contributed by atoms with Crippen LogP contribution in [0.5, 0.6) is 0 Å². The molecule has 0 radical (unpaired) electrons. The van der Waals surface area contributed by atoms with E-state index in [1.165, 1.54) is 9.75 Å². The fourth-order valence-electron chi connectivity index (χ4n) is 1.44. The van der Waals surface area contributed by atoms with Crippen LogP contribution in [0.3, 0.4) is 0 Å². The highest BCUT2D eigenvalue weighted by atomic mass is 32.1. The van der Waals surface area contributed by atoms with Crippen molar-refractivity contribution < 1.29 is 0 Å². The molecule has 2 aromatic rings. The van der Waals surface area contributed by atoms with Gasteiger partial charge in [-0.3, -0.25) is 0 Å². The SMILES string of the molecule is CC#Cc1ccsc1-c1sccc1C#CC. The zero-order valence-corrected chi connectivity index (χ0v) is 10.8. The predicted octanol–water partition coefficient (Wildman–Crippen LogP) is 4.22. The second-order valence-corrected chi connectivity index (χ2v) is 4.91. The van der Waals surface area contributed by atoms with Crippen LogP contribution in [0.15, 0.2) is 22.9 Å². The molecule has 2 rings (SSSR count). The van der Waals surface area contributed by atoms with Crippen molar-refractivity contribution in [1.82, 2.24) is 0 Å². The van der Waals surface area contributed by atoms with Crippen molar-refractivity contribution in [1.29, 1.82) is 0 Å². The zero-order valence-electron chi connectivity index (χ0n) is 9.13. The molecule has 0 aliphatic rings. The molecule has 0 unspecified atom stereocenters. The van der Waals surface area contributed by atoms with E-state index < -0.39 is 0 Å². The van der Waals surface area contributed by atoms with E-state index in [4.69, 9.17) is 0 Å². The maximum atomic E-state index is 3.13. The molecule has 0 nitrogen and oxygen atoms in total. The Morgan fingerprint density at radius 1 is 0.812 bits per heavy atom. The fourth-order valence-corrected chi connectivity index (χ4v) is 3.33. The van der Waals surface area contributed by atoms with Gasteiger partial charge in [-0.25, -0.2) is 0 Å². The molecule has 16 heavy (non-hydrogen) atoms. The van der Waals surface area contributed by atoms with Gasteiger partial charge in [-0.1, -0.05) is 11.8 Å². The molecule has 2 aromatic heterocycles. The first-order chi connectivity index (χ1) is 7.86. The van der Waals surface area contributed by atoms with Crippen molar-refractivity contribution in [3.63, 3.8) is 0 Å². The summed E-state index contributed by atoms with van der Waals surface area (Å²) < 4.78 is 0. The van der Waals surface area contributed by atoms with Gasteiger partial charge >= 0.3 is 0 Å². The summed E-state index contributed by atoms with van der Waals surface area (Å²) in [6.45, 7) is 3.73. The molecule has 2 heteroatoms. The molecule has 78 valence electrons. The quantitative estimate of drug-likeness (QED) is 0.657. The number of hydrogen-bond donors (Lipinski definition) is 0. The molecular weight excluding hydrogens is 232 g/mol. The summed E-state index contributed by atoms with van der Waals surface area (Å²) in [5.74, 6) is 12.2. The summed E-state index contributed by atoms with van der Waals surface area (Å²) in [5, 5.41) is 4.16. The van der Waals surface area contributed by atoms with Gasteiger partial charge in [0.05, 0.1) is 9.75 Å². The van der Waals surface area contributed by atoms with Gasteiger partial charge in [-0.2, -0.15) is 0 Å². The number of rotatable bonds is 1. The Morgan fingerprint density at radius 2 is 1.25 bits per heavy atom. The predicted molar refractivity (Wildman–Crippen MR) is 72.7 cm³/mol. The lowest BCUT2D eigenvalue weighted by atomic mass is 10.2. The molecule has 0 aliphatic carbocycles. The van der Waals surface area contributed by atoms with Crippen LogP contribution in [-0.4, -0.2) is 0 Å². The van der Waals surface area contributed by atoms with Crippen LogP contribution in [-0.2, 0) is 0 Å². The minimum absolute atomic E-state index is 1.11. The van der Waals surface area contributed by atoms with Crippen molar-refractivity contribution in [2.75, 3.05) is 0 Å². The summed E-state index contributed by atoms with van der Waals surface area (Å²) in [6.07, 6.45) is 0. The Bertz CT molecular complexity index is 550. The van der Waals surface area contributed by atoms with Gasteiger partial charge in [-0.05, 0) is 36.7 Å². The summed E-state index contributed by atoms with van der Waals surface area (Å²) in [7, 11) is 0. The second kappa shape index (κ2) is 5.03. The Hall–Kier alpha value is -1.48. The van der Waals surface area contributed by atoms with E-state index in [9.17, 15) is 0 Å². The standard InChI is InChI=1S/C14H10S2/c1-3-5-11-7-9-15-13(11)14-12(6-4-2)8-10-16-14/h7-10H,1-2H3. The van der Waals surface area contributed by atoms with Gasteiger partial charge in [0.25, 0.3) is 0 Å². The van der Waals surface area contributed by atoms with E-state index in [2.05, 4.69) is 46.6 Å². The Balaban J connectivity index is 2.55. The third-order valence-corrected chi connectivity index (χ3v) is 4.05. The van der Waals surface area contributed by atoms with Crippen LogP contribution in [0.4, 0.5) is 0 Å². The second-order valence-electron chi connectivity index (χ2n) is 3.08. The first-order valence-corrected chi connectivity index (χ1v) is 6.63. The molecule has 0 fully saturated rings. The smallest absolute Gasteiger partial charge is 0.0611 e. The van der Waals surface area contributed by atoms with Crippen LogP contribution in [0.1, 0.15) is 25.0 Å². The van der Waals surface area contributed by atoms with Crippen LogP contribution >= 0.6 is 22.7 Å². The molecule has 0 amide bonds. The molecule has 0 bridgehead atoms. The molecule has 0 saturated heterocycles. The highest BCUT2D eigenvalue weighted by Gasteiger charge is 2.10. The topological polar surface area (TPSA) is 0 Å². The van der Waals surface area contributed by atoms with E-state index in [1.54, 1.807) is 22.7 Å². The summed E-state index contributed by atoms with van der Waals surface area (Å²) in [5.41, 5.74) is 2.21. The molecule has 0 atom stereocenters. The highest BCUT2D eigenvalue weighted by molar-refractivity contribution is 7.20. The van der Waals surface area contributed by atoms with Gasteiger partial charge in [0.2, 0.25) is 0 Å². The average Bonchev–Trinajstić information content (AvgIpc) is 2.87. The lowest BCUT2D eigenvalue weighted by Crippen LogP contribution is -1.76. The minimum Gasteiger partial charge on any atom is -0.142 e. The molecule has 0 N–H and O–H groups in total. The minimum atomic E-state index is 1.11. The molecule has 2 heterocycles. The molecular formula is C14H10S2. The van der Waals surface area contributed by atoms with E-state index >= 15 is 0 Å². The summed E-state index contributed by atoms with van der Waals surface area (Å²) in [4.78, 5) is 2.48. The fraction of sp³-hybridized carbons (Fsp3) is 0.143. The Kier molecular flexibility index (Phi) is 3.47. The molecule has 0 aliphatic heterocycles. The van der Waals surface area contributed by atoms with E-state index in [0.29, 0.717) is 0 Å². The summed E-state index contributed by atoms with van der Waals surface area (Å²) >= 11 is 3.45. The zero-order chi connectivity index (χ0) is 11.4. The number of thiophene rings is 2. The van der Waals surface area contributed by atoms with E-state index in [0.717, 1.165) is 11.1 Å². The summed E-state index contributed by atoms with van der Waals surface area (Å²) in [6, 6.07) is 4.14. The normalized spacial score (nSPS) is 8.88. The molecule has 0 saturated carbocycles. The lowest BCUT2D eigenvalue weighted by molar-refractivity contribution is 1.76. The van der Waals surface area contributed by atoms with Crippen molar-refractivity contribution in [3.8, 4) is 33.4 Å². The van der Waals surface area contributed by atoms with Crippen molar-refractivity contribution in [2.24, 2.45) is 0 Å². The van der Waals surface area contributed by atoms with Crippen molar-refractivity contribution in [2.45, 2.75) is 13.8 Å². The first-order valence-electron chi connectivity index (χ1n) is 4.87. The lowest BCUT2D eigenvalue weighted by Gasteiger charge is -1.95. The monoisotopic (exact) mass is 242 g/mol. The maximum absolute atomic E-state index is 3.13. The van der Waals surface area contributed by atoms with Gasteiger partial charge < -0.3 is 0 Å². The van der Waals surface area contributed by atoms with Crippen molar-refractivity contribution >= 4 is 22.7 Å². The van der Waals surface area contributed by atoms with Gasteiger partial charge in [0.1, 0.15) is 0 Å². The van der Waals surface area contributed by atoms with Gasteiger partial charge in [0.15, 0.2) is 0 Å². The maximum Gasteiger partial charge on any atom is 0.0611 e. The van der Waals surface area contributed by atoms with Crippen molar-refractivity contribution in [3.05, 3.63) is 34.0 Å². The van der Waals surface area contributed by atoms with Gasteiger partial charge in [-0.15, -0.1) is 34.5 Å². The molecule has 0 aromatic carbocycles. The van der Waals surface area contributed by atoms with E-state index in [-0.39, 0.29) is 0 Å². The first kappa shape index (κ1) is 11.0. The van der Waals surface area contributed by atoms with Crippen LogP contribution < -0.4 is 0 Å². The van der Waals surface area contributed by atoms with E-state index in [1.807, 2.05) is 13.8 Å². The highest BCUT2D eigenvalue weighted by Crippen LogP contribution is 2.35. The third-order valence-electron chi connectivity index (χ3n) is 2.06.